The third kappa shape index (κ3) is 4.89. The predicted octanol–water partition coefficient (Wildman–Crippen LogP) is 4.01. The van der Waals surface area contributed by atoms with Gasteiger partial charge < -0.3 is 10.5 Å². The van der Waals surface area contributed by atoms with Gasteiger partial charge in [0.15, 0.2) is 5.78 Å². The Kier molecular flexibility index (Phi) is 7.00. The fourth-order valence-electron chi connectivity index (χ4n) is 2.81. The van der Waals surface area contributed by atoms with Crippen molar-refractivity contribution in [2.75, 3.05) is 18.1 Å². The van der Waals surface area contributed by atoms with Crippen molar-refractivity contribution in [3.63, 3.8) is 0 Å². The number of hydrogen-bond acceptors (Lipinski definition) is 8. The van der Waals surface area contributed by atoms with Crippen molar-refractivity contribution in [1.82, 2.24) is 9.97 Å². The van der Waals surface area contributed by atoms with Crippen molar-refractivity contribution < 1.29 is 9.53 Å². The van der Waals surface area contributed by atoms with E-state index in [2.05, 4.69) is 22.6 Å². The minimum Gasteiger partial charge on any atom is -0.490 e. The van der Waals surface area contributed by atoms with E-state index in [1.54, 1.807) is 48.7 Å². The summed E-state index contributed by atoms with van der Waals surface area (Å²) < 4.78 is 5.48. The Morgan fingerprint density at radius 2 is 1.94 bits per heavy atom. The summed E-state index contributed by atoms with van der Waals surface area (Å²) in [5.74, 6) is 0.517. The molecule has 1 aromatic carbocycles. The predicted molar refractivity (Wildman–Crippen MR) is 118 cm³/mol. The van der Waals surface area contributed by atoms with E-state index in [0.717, 1.165) is 11.8 Å². The number of ether oxygens (including phenoxy) is 1. The van der Waals surface area contributed by atoms with Crippen molar-refractivity contribution in [3.8, 4) is 29.0 Å². The average Bonchev–Trinajstić information content (AvgIpc) is 2.81. The number of carbonyl (C=O) groups excluding carboxylic acids is 1. The van der Waals surface area contributed by atoms with Gasteiger partial charge in [0.1, 0.15) is 40.9 Å². The van der Waals surface area contributed by atoms with Gasteiger partial charge >= 0.3 is 0 Å². The first-order valence-electron chi connectivity index (χ1n) is 9.12. The number of Topliss-reactive ketones (excluding diaryl/α,β-unsaturated/α-hetero) is 1. The van der Waals surface area contributed by atoms with Crippen LogP contribution in [0.4, 0.5) is 5.82 Å². The fraction of sp³-hybridized carbons (Fsp3) is 0.0870. The average molecular weight is 427 g/mol. The van der Waals surface area contributed by atoms with Crippen LogP contribution in [0.25, 0.3) is 11.1 Å². The fourth-order valence-corrected chi connectivity index (χ4v) is 3.70. The molecule has 0 radical (unpaired) electrons. The highest BCUT2D eigenvalue weighted by atomic mass is 32.2. The van der Waals surface area contributed by atoms with E-state index in [9.17, 15) is 15.3 Å². The molecule has 0 amide bonds. The lowest BCUT2D eigenvalue weighted by Gasteiger charge is -2.13. The molecule has 7 nitrogen and oxygen atoms in total. The molecule has 0 saturated heterocycles. The molecule has 0 aliphatic carbocycles. The summed E-state index contributed by atoms with van der Waals surface area (Å²) in [7, 11) is 0. The Morgan fingerprint density at radius 3 is 2.55 bits per heavy atom. The summed E-state index contributed by atoms with van der Waals surface area (Å²) in [4.78, 5) is 20.6. The van der Waals surface area contributed by atoms with Gasteiger partial charge in [-0.1, -0.05) is 36.5 Å². The van der Waals surface area contributed by atoms with E-state index in [1.165, 1.54) is 6.20 Å². The van der Waals surface area contributed by atoms with Gasteiger partial charge in [-0.25, -0.2) is 4.98 Å². The molecule has 2 aromatic heterocycles. The van der Waals surface area contributed by atoms with Gasteiger partial charge in [0, 0.05) is 23.5 Å². The van der Waals surface area contributed by atoms with Crippen LogP contribution < -0.4 is 10.5 Å². The van der Waals surface area contributed by atoms with Crippen LogP contribution in [0, 0.1) is 22.7 Å². The molecule has 0 aliphatic heterocycles. The largest absolute Gasteiger partial charge is 0.490 e. The van der Waals surface area contributed by atoms with Crippen molar-refractivity contribution in [2.45, 2.75) is 5.03 Å². The minimum absolute atomic E-state index is 0.000175. The Balaban J connectivity index is 1.98. The molecule has 3 aromatic rings. The van der Waals surface area contributed by atoms with E-state index in [0.29, 0.717) is 34.1 Å². The van der Waals surface area contributed by atoms with Gasteiger partial charge in [0.05, 0.1) is 11.3 Å². The lowest BCUT2D eigenvalue weighted by atomic mass is 9.97. The number of hydrogen-bond donors (Lipinski definition) is 1. The molecule has 31 heavy (non-hydrogen) atoms. The lowest BCUT2D eigenvalue weighted by Crippen LogP contribution is -2.06. The van der Waals surface area contributed by atoms with Crippen molar-refractivity contribution in [2.24, 2.45) is 0 Å². The number of benzene rings is 1. The van der Waals surface area contributed by atoms with Gasteiger partial charge in [0.25, 0.3) is 0 Å². The highest BCUT2D eigenvalue weighted by Crippen LogP contribution is 2.36. The van der Waals surface area contributed by atoms with E-state index < -0.39 is 0 Å². The molecule has 2 N–H and O–H groups in total. The van der Waals surface area contributed by atoms with E-state index in [-0.39, 0.29) is 28.5 Å². The van der Waals surface area contributed by atoms with Crippen LogP contribution >= 0.6 is 11.8 Å². The number of nitriles is 2. The first kappa shape index (κ1) is 21.6. The number of aromatic nitrogens is 2. The molecule has 2 heterocycles. The van der Waals surface area contributed by atoms with E-state index >= 15 is 0 Å². The second kappa shape index (κ2) is 10.1. The summed E-state index contributed by atoms with van der Waals surface area (Å²) in [6, 6.07) is 14.4. The molecule has 0 atom stereocenters. The summed E-state index contributed by atoms with van der Waals surface area (Å²) in [5, 5.41) is 19.8. The first-order chi connectivity index (χ1) is 15.1. The number of carbonyl (C=O) groups is 1. The van der Waals surface area contributed by atoms with Gasteiger partial charge in [-0.15, -0.1) is 0 Å². The van der Waals surface area contributed by atoms with Crippen LogP contribution in [0.3, 0.4) is 0 Å². The summed E-state index contributed by atoms with van der Waals surface area (Å²) in [6.07, 6.45) is 4.70. The SMILES string of the molecule is C=CCOc1ccc(-c2c(C#N)c(N)nc(SCC(=O)c3cccnc3)c2C#N)cc1. The zero-order valence-electron chi connectivity index (χ0n) is 16.4. The summed E-state index contributed by atoms with van der Waals surface area (Å²) in [5.41, 5.74) is 7.78. The Hall–Kier alpha value is -4.14. The maximum absolute atomic E-state index is 12.4. The van der Waals surface area contributed by atoms with E-state index in [1.807, 2.05) is 6.07 Å². The highest BCUT2D eigenvalue weighted by molar-refractivity contribution is 8.00. The molecule has 0 bridgehead atoms. The normalized spacial score (nSPS) is 10.0. The first-order valence-corrected chi connectivity index (χ1v) is 10.1. The molecule has 0 spiro atoms. The third-order valence-corrected chi connectivity index (χ3v) is 5.23. The van der Waals surface area contributed by atoms with Crippen LogP contribution in [0.5, 0.6) is 5.75 Å². The number of ketones is 1. The second-order valence-electron chi connectivity index (χ2n) is 6.23. The summed E-state index contributed by atoms with van der Waals surface area (Å²) >= 11 is 1.09. The smallest absolute Gasteiger partial charge is 0.174 e. The molecule has 8 heteroatoms. The quantitative estimate of drug-likeness (QED) is 0.325. The monoisotopic (exact) mass is 427 g/mol. The maximum atomic E-state index is 12.4. The van der Waals surface area contributed by atoms with Crippen LogP contribution in [0.1, 0.15) is 21.5 Å². The van der Waals surface area contributed by atoms with Gasteiger partial charge in [-0.2, -0.15) is 10.5 Å². The van der Waals surface area contributed by atoms with E-state index in [4.69, 9.17) is 10.5 Å². The molecular formula is C23H17N5O2S. The number of nitrogens with two attached hydrogens (primary N) is 1. The Bertz CT molecular complexity index is 1200. The molecular weight excluding hydrogens is 410 g/mol. The summed E-state index contributed by atoms with van der Waals surface area (Å²) in [6.45, 7) is 3.97. The molecule has 0 unspecified atom stereocenters. The zero-order chi connectivity index (χ0) is 22.2. The molecule has 152 valence electrons. The molecule has 0 aliphatic rings. The van der Waals surface area contributed by atoms with Gasteiger partial charge in [-0.05, 0) is 29.8 Å². The number of anilines is 1. The number of nitrogens with zero attached hydrogens (tertiary/aromatic N) is 4. The number of thioether (sulfide) groups is 1. The van der Waals surface area contributed by atoms with Crippen molar-refractivity contribution in [1.29, 1.82) is 10.5 Å². The van der Waals surface area contributed by atoms with Gasteiger partial charge in [0.2, 0.25) is 0 Å². The second-order valence-corrected chi connectivity index (χ2v) is 7.19. The van der Waals surface area contributed by atoms with Crippen LogP contribution in [0.2, 0.25) is 0 Å². The zero-order valence-corrected chi connectivity index (χ0v) is 17.2. The molecule has 0 fully saturated rings. The minimum atomic E-state index is -0.156. The van der Waals surface area contributed by atoms with Crippen LogP contribution in [-0.4, -0.2) is 28.1 Å². The topological polar surface area (TPSA) is 126 Å². The standard InChI is InChI=1S/C23H17N5O2S/c1-2-10-30-17-7-5-15(6-8-17)21-18(11-24)22(26)28-23(19(21)12-25)31-14-20(29)16-4-3-9-27-13-16/h2-9,13H,1,10,14H2,(H2,26,28). The van der Waals surface area contributed by atoms with Crippen molar-refractivity contribution >= 4 is 23.4 Å². The lowest BCUT2D eigenvalue weighted by molar-refractivity contribution is 0.102. The third-order valence-electron chi connectivity index (χ3n) is 4.25. The Morgan fingerprint density at radius 1 is 1.19 bits per heavy atom. The maximum Gasteiger partial charge on any atom is 0.174 e. The van der Waals surface area contributed by atoms with Crippen LogP contribution in [0.15, 0.2) is 66.5 Å². The van der Waals surface area contributed by atoms with Crippen molar-refractivity contribution in [3.05, 3.63) is 78.1 Å². The number of pyridine rings is 2. The number of rotatable bonds is 8. The Labute approximate surface area is 183 Å². The number of nitrogen functional groups attached to an aromatic ring is 1. The molecule has 0 saturated carbocycles. The van der Waals surface area contributed by atoms with Gasteiger partial charge in [-0.3, -0.25) is 9.78 Å². The molecule has 3 rings (SSSR count). The highest BCUT2D eigenvalue weighted by Gasteiger charge is 2.21. The van der Waals surface area contributed by atoms with Crippen LogP contribution in [-0.2, 0) is 0 Å².